The Kier molecular flexibility index (Phi) is 8.21. The van der Waals surface area contributed by atoms with Gasteiger partial charge in [0, 0.05) is 21.7 Å². The monoisotopic (exact) mass is 523 g/mol. The van der Waals surface area contributed by atoms with Crippen molar-refractivity contribution in [2.75, 3.05) is 0 Å². The molecule has 0 aromatic heterocycles. The van der Waals surface area contributed by atoms with Crippen molar-refractivity contribution < 1.29 is 0 Å². The molecule has 5 rings (SSSR count). The van der Waals surface area contributed by atoms with Crippen molar-refractivity contribution in [1.82, 2.24) is 16.3 Å². The van der Waals surface area contributed by atoms with E-state index in [0.717, 1.165) is 26.8 Å². The zero-order chi connectivity index (χ0) is 25.3. The Labute approximate surface area is 226 Å². The Balaban J connectivity index is 1.29. The van der Waals surface area contributed by atoms with E-state index in [0.29, 0.717) is 5.96 Å². The number of halogens is 1. The summed E-state index contributed by atoms with van der Waals surface area (Å²) in [7, 11) is 0. The van der Waals surface area contributed by atoms with Gasteiger partial charge in [0.05, 0.1) is 11.0 Å². The summed E-state index contributed by atoms with van der Waals surface area (Å²) < 4.78 is 0. The fourth-order valence-corrected chi connectivity index (χ4v) is 5.08. The van der Waals surface area contributed by atoms with Gasteiger partial charge in [-0.1, -0.05) is 103 Å². The van der Waals surface area contributed by atoms with E-state index in [1.807, 2.05) is 85.1 Å². The van der Waals surface area contributed by atoms with E-state index in [1.54, 1.807) is 11.8 Å². The van der Waals surface area contributed by atoms with Gasteiger partial charge in [0.2, 0.25) is 5.96 Å². The zero-order valence-electron chi connectivity index (χ0n) is 20.0. The van der Waals surface area contributed by atoms with Crippen LogP contribution in [-0.4, -0.2) is 11.7 Å². The van der Waals surface area contributed by atoms with Crippen LogP contribution in [0.4, 0.5) is 0 Å². The summed E-state index contributed by atoms with van der Waals surface area (Å²) in [4.78, 5) is 6.05. The van der Waals surface area contributed by atoms with E-state index in [2.05, 4.69) is 63.9 Å². The lowest BCUT2D eigenvalue weighted by Gasteiger charge is -2.23. The summed E-state index contributed by atoms with van der Waals surface area (Å²) in [6.45, 7) is 0. The van der Waals surface area contributed by atoms with Crippen LogP contribution < -0.4 is 16.3 Å². The van der Waals surface area contributed by atoms with Crippen LogP contribution in [0.5, 0.6) is 0 Å². The van der Waals surface area contributed by atoms with E-state index < -0.39 is 0 Å². The summed E-state index contributed by atoms with van der Waals surface area (Å²) >= 11 is 7.82. The molecular weight excluding hydrogens is 498 g/mol. The second kappa shape index (κ2) is 12.3. The van der Waals surface area contributed by atoms with Crippen molar-refractivity contribution in [2.24, 2.45) is 10.1 Å². The molecule has 0 aliphatic carbocycles. The van der Waals surface area contributed by atoms with Gasteiger partial charge in [0.15, 0.2) is 0 Å². The fraction of sp³-hybridized carbons (Fsp3) is 0.0667. The van der Waals surface area contributed by atoms with Crippen molar-refractivity contribution in [2.45, 2.75) is 16.2 Å². The van der Waals surface area contributed by atoms with Crippen LogP contribution in [-0.2, 0) is 0 Å². The molecule has 184 valence electrons. The highest BCUT2D eigenvalue weighted by atomic mass is 35.5. The number of hydrogen-bond acceptors (Lipinski definition) is 6. The summed E-state index contributed by atoms with van der Waals surface area (Å²) in [5.41, 5.74) is 13.5. The maximum Gasteiger partial charge on any atom is 0.232 e. The minimum atomic E-state index is -0.226. The maximum atomic E-state index is 6.07. The van der Waals surface area contributed by atoms with E-state index in [1.165, 1.54) is 5.56 Å². The SMILES string of the molecule is Clc1ccc(SC(/C=C/NNC2=NC(c3ccccc3)C(c3ccccc3)=NN2)c2ccccc2)cc1. The average Bonchev–Trinajstić information content (AvgIpc) is 2.97. The standard InChI is InChI=1S/C30H26ClN5S/c31-25-16-18-26(19-17-25)37-27(22-10-4-1-5-11-22)20-21-32-35-30-33-28(23-12-6-2-7-13-23)29(34-36-30)24-14-8-3-9-15-24/h1-21,27-28,32H,(H2,33,35,36)/b21-20+. The first-order chi connectivity index (χ1) is 18.3. The largest absolute Gasteiger partial charge is 0.306 e. The highest BCUT2D eigenvalue weighted by molar-refractivity contribution is 7.99. The highest BCUT2D eigenvalue weighted by Gasteiger charge is 2.23. The van der Waals surface area contributed by atoms with Crippen LogP contribution in [0.3, 0.4) is 0 Å². The lowest BCUT2D eigenvalue weighted by Crippen LogP contribution is -2.44. The van der Waals surface area contributed by atoms with Crippen LogP contribution in [0, 0.1) is 0 Å². The Bertz CT molecular complexity index is 1370. The lowest BCUT2D eigenvalue weighted by atomic mass is 9.97. The average molecular weight is 524 g/mol. The Morgan fingerprint density at radius 2 is 1.46 bits per heavy atom. The van der Waals surface area contributed by atoms with Crippen LogP contribution in [0.15, 0.2) is 143 Å². The topological polar surface area (TPSA) is 60.8 Å². The fourth-order valence-electron chi connectivity index (χ4n) is 3.92. The van der Waals surface area contributed by atoms with Gasteiger partial charge in [-0.2, -0.15) is 5.10 Å². The molecule has 0 amide bonds. The molecule has 1 heterocycles. The number of guanidine groups is 1. The molecule has 0 bridgehead atoms. The molecular formula is C30H26ClN5S. The van der Waals surface area contributed by atoms with Gasteiger partial charge < -0.3 is 5.43 Å². The first-order valence-electron chi connectivity index (χ1n) is 11.9. The molecule has 1 aliphatic rings. The number of hydrazine groups is 1. The Hall–Kier alpha value is -4.00. The molecule has 1 aliphatic heterocycles. The third-order valence-corrected chi connectivity index (χ3v) is 7.21. The Morgan fingerprint density at radius 3 is 2.16 bits per heavy atom. The van der Waals surface area contributed by atoms with Crippen molar-refractivity contribution in [3.05, 3.63) is 149 Å². The van der Waals surface area contributed by atoms with Gasteiger partial charge in [0.25, 0.3) is 0 Å². The summed E-state index contributed by atoms with van der Waals surface area (Å²) in [5, 5.41) is 5.50. The van der Waals surface area contributed by atoms with Crippen LogP contribution >= 0.6 is 23.4 Å². The number of hydrazone groups is 1. The van der Waals surface area contributed by atoms with E-state index in [9.17, 15) is 0 Å². The molecule has 4 aromatic carbocycles. The van der Waals surface area contributed by atoms with Crippen molar-refractivity contribution in [1.29, 1.82) is 0 Å². The van der Waals surface area contributed by atoms with E-state index >= 15 is 0 Å². The third kappa shape index (κ3) is 6.61. The van der Waals surface area contributed by atoms with Crippen molar-refractivity contribution in [3.63, 3.8) is 0 Å². The molecule has 0 fully saturated rings. The second-order valence-electron chi connectivity index (χ2n) is 8.30. The molecule has 3 N–H and O–H groups in total. The van der Waals surface area contributed by atoms with E-state index in [4.69, 9.17) is 16.6 Å². The van der Waals surface area contributed by atoms with Gasteiger partial charge in [0.1, 0.15) is 6.04 Å². The predicted octanol–water partition coefficient (Wildman–Crippen LogP) is 6.89. The molecule has 5 nitrogen and oxygen atoms in total. The molecule has 7 heteroatoms. The molecule has 2 atom stereocenters. The number of benzene rings is 4. The molecule has 0 radical (unpaired) electrons. The minimum Gasteiger partial charge on any atom is -0.306 e. The molecule has 0 spiro atoms. The van der Waals surface area contributed by atoms with Gasteiger partial charge in [-0.15, -0.1) is 11.8 Å². The number of nitrogens with one attached hydrogen (secondary N) is 3. The smallest absolute Gasteiger partial charge is 0.232 e. The highest BCUT2D eigenvalue weighted by Crippen LogP contribution is 2.36. The van der Waals surface area contributed by atoms with Gasteiger partial charge in [-0.25, -0.2) is 10.4 Å². The summed E-state index contributed by atoms with van der Waals surface area (Å²) in [6.07, 6.45) is 4.00. The number of nitrogens with zero attached hydrogens (tertiary/aromatic N) is 2. The molecule has 0 saturated heterocycles. The molecule has 2 unspecified atom stereocenters. The van der Waals surface area contributed by atoms with Crippen molar-refractivity contribution >= 4 is 35.0 Å². The number of hydrogen-bond donors (Lipinski definition) is 3. The summed E-state index contributed by atoms with van der Waals surface area (Å²) in [6, 6.07) is 38.4. The van der Waals surface area contributed by atoms with Crippen LogP contribution in [0.2, 0.25) is 5.02 Å². The maximum absolute atomic E-state index is 6.07. The lowest BCUT2D eigenvalue weighted by molar-refractivity contribution is 0.735. The minimum absolute atomic E-state index is 0.109. The third-order valence-electron chi connectivity index (χ3n) is 5.73. The quantitative estimate of drug-likeness (QED) is 0.174. The van der Waals surface area contributed by atoms with Crippen molar-refractivity contribution in [3.8, 4) is 0 Å². The Morgan fingerprint density at radius 1 is 0.811 bits per heavy atom. The zero-order valence-corrected chi connectivity index (χ0v) is 21.5. The predicted molar refractivity (Wildman–Crippen MR) is 155 cm³/mol. The van der Waals surface area contributed by atoms with Gasteiger partial charge in [-0.3, -0.25) is 5.43 Å². The normalized spacial score (nSPS) is 15.9. The number of rotatable bonds is 8. The molecule has 37 heavy (non-hydrogen) atoms. The first-order valence-corrected chi connectivity index (χ1v) is 13.2. The molecule has 0 saturated carbocycles. The molecule has 4 aromatic rings. The number of thioether (sulfide) groups is 1. The van der Waals surface area contributed by atoms with Gasteiger partial charge in [-0.05, 0) is 41.5 Å². The van der Waals surface area contributed by atoms with E-state index in [-0.39, 0.29) is 11.3 Å². The second-order valence-corrected chi connectivity index (χ2v) is 9.95. The summed E-state index contributed by atoms with van der Waals surface area (Å²) in [5.74, 6) is 0.541. The van der Waals surface area contributed by atoms with Gasteiger partial charge >= 0.3 is 0 Å². The first kappa shape index (κ1) is 24.7. The van der Waals surface area contributed by atoms with Crippen LogP contribution in [0.25, 0.3) is 0 Å². The number of aliphatic imine (C=N–C) groups is 1. The van der Waals surface area contributed by atoms with Crippen LogP contribution in [0.1, 0.15) is 28.0 Å².